The lowest BCUT2D eigenvalue weighted by molar-refractivity contribution is 0.0690. The highest BCUT2D eigenvalue weighted by molar-refractivity contribution is 5.86. The van der Waals surface area contributed by atoms with Gasteiger partial charge >= 0.3 is 5.97 Å². The van der Waals surface area contributed by atoms with Gasteiger partial charge in [0.2, 0.25) is 0 Å². The molecule has 5 heteroatoms. The van der Waals surface area contributed by atoms with Crippen LogP contribution in [0.25, 0.3) is 0 Å². The van der Waals surface area contributed by atoms with E-state index in [1.54, 1.807) is 0 Å². The van der Waals surface area contributed by atoms with Crippen LogP contribution in [-0.4, -0.2) is 21.0 Å². The molecule has 0 bridgehead atoms. The van der Waals surface area contributed by atoms with Gasteiger partial charge in [0, 0.05) is 18.5 Å². The molecule has 2 aromatic rings. The second-order valence-corrected chi connectivity index (χ2v) is 4.92. The number of nitrogens with zero attached hydrogens (tertiary/aromatic N) is 2. The molecular weight excluding hydrogens is 254 g/mol. The fraction of sp³-hybridized carbons (Fsp3) is 0.267. The fourth-order valence-electron chi connectivity index (χ4n) is 1.98. The molecular formula is C15H15N3O2. The van der Waals surface area contributed by atoms with Crippen molar-refractivity contribution in [3.05, 3.63) is 53.5 Å². The van der Waals surface area contributed by atoms with Gasteiger partial charge in [0.05, 0.1) is 0 Å². The van der Waals surface area contributed by atoms with E-state index in [1.807, 2.05) is 30.3 Å². The van der Waals surface area contributed by atoms with Crippen LogP contribution in [0, 0.1) is 0 Å². The second kappa shape index (κ2) is 5.28. The monoisotopic (exact) mass is 269 g/mol. The van der Waals surface area contributed by atoms with Crippen LogP contribution in [0.15, 0.2) is 36.4 Å². The summed E-state index contributed by atoms with van der Waals surface area (Å²) in [6.45, 7) is 0.612. The molecule has 1 heterocycles. The Kier molecular flexibility index (Phi) is 3.33. The zero-order valence-corrected chi connectivity index (χ0v) is 10.9. The molecule has 1 saturated carbocycles. The van der Waals surface area contributed by atoms with Crippen molar-refractivity contribution in [2.75, 3.05) is 5.32 Å². The van der Waals surface area contributed by atoms with Gasteiger partial charge in [0.15, 0.2) is 5.69 Å². The predicted octanol–water partition coefficient (Wildman–Crippen LogP) is 2.66. The molecule has 0 saturated heterocycles. The normalized spacial score (nSPS) is 14.0. The van der Waals surface area contributed by atoms with E-state index in [-0.39, 0.29) is 5.69 Å². The number of nitrogens with one attached hydrogen (secondary N) is 1. The molecule has 0 atom stereocenters. The summed E-state index contributed by atoms with van der Waals surface area (Å²) in [6, 6.07) is 11.4. The maximum atomic E-state index is 11.1. The van der Waals surface area contributed by atoms with E-state index in [1.165, 1.54) is 6.07 Å². The quantitative estimate of drug-likeness (QED) is 0.872. The van der Waals surface area contributed by atoms with Crippen LogP contribution in [0.3, 0.4) is 0 Å². The first-order valence-corrected chi connectivity index (χ1v) is 6.62. The smallest absolute Gasteiger partial charge is 0.354 e. The topological polar surface area (TPSA) is 75.1 Å². The number of hydrogen-bond donors (Lipinski definition) is 2. The fourth-order valence-corrected chi connectivity index (χ4v) is 1.98. The lowest BCUT2D eigenvalue weighted by Crippen LogP contribution is -2.09. The van der Waals surface area contributed by atoms with Crippen molar-refractivity contribution in [1.82, 2.24) is 9.97 Å². The molecule has 0 amide bonds. The first-order chi connectivity index (χ1) is 9.72. The molecule has 0 aliphatic heterocycles. The van der Waals surface area contributed by atoms with Crippen molar-refractivity contribution in [1.29, 1.82) is 0 Å². The summed E-state index contributed by atoms with van der Waals surface area (Å²) in [6.07, 6.45) is 2.09. The van der Waals surface area contributed by atoms with Gasteiger partial charge < -0.3 is 10.4 Å². The SMILES string of the molecule is O=C(O)c1cc(NCc2ccccc2)nc(C2CC2)n1. The Morgan fingerprint density at radius 1 is 1.25 bits per heavy atom. The molecule has 3 rings (SSSR count). The zero-order chi connectivity index (χ0) is 13.9. The van der Waals surface area contributed by atoms with E-state index in [4.69, 9.17) is 5.11 Å². The lowest BCUT2D eigenvalue weighted by atomic mass is 10.2. The number of rotatable bonds is 5. The van der Waals surface area contributed by atoms with E-state index in [2.05, 4.69) is 15.3 Å². The summed E-state index contributed by atoms with van der Waals surface area (Å²) in [7, 11) is 0. The minimum absolute atomic E-state index is 0.0532. The Labute approximate surface area is 116 Å². The Morgan fingerprint density at radius 3 is 2.65 bits per heavy atom. The van der Waals surface area contributed by atoms with Crippen LogP contribution < -0.4 is 5.32 Å². The standard InChI is InChI=1S/C15H15N3O2/c19-15(20)12-8-13(18-14(17-12)11-6-7-11)16-9-10-4-2-1-3-5-10/h1-5,8,11H,6-7,9H2,(H,19,20)(H,16,17,18). The van der Waals surface area contributed by atoms with Crippen LogP contribution in [0.5, 0.6) is 0 Å². The minimum atomic E-state index is -1.02. The molecule has 1 aliphatic carbocycles. The average molecular weight is 269 g/mol. The molecule has 20 heavy (non-hydrogen) atoms. The van der Waals surface area contributed by atoms with Gasteiger partial charge in [-0.1, -0.05) is 30.3 Å². The number of carboxylic acids is 1. The van der Waals surface area contributed by atoms with Crippen LogP contribution in [0.2, 0.25) is 0 Å². The summed E-state index contributed by atoms with van der Waals surface area (Å²) in [5.41, 5.74) is 1.17. The van der Waals surface area contributed by atoms with Crippen molar-refractivity contribution < 1.29 is 9.90 Å². The molecule has 2 N–H and O–H groups in total. The summed E-state index contributed by atoms with van der Waals surface area (Å²) >= 11 is 0. The summed E-state index contributed by atoms with van der Waals surface area (Å²) < 4.78 is 0. The minimum Gasteiger partial charge on any atom is -0.477 e. The number of hydrogen-bond acceptors (Lipinski definition) is 4. The molecule has 1 aliphatic rings. The molecule has 5 nitrogen and oxygen atoms in total. The van der Waals surface area contributed by atoms with Gasteiger partial charge in [-0.3, -0.25) is 0 Å². The van der Waals surface area contributed by atoms with Gasteiger partial charge in [0.25, 0.3) is 0 Å². The number of aromatic carboxylic acids is 1. The first kappa shape index (κ1) is 12.6. The van der Waals surface area contributed by atoms with Crippen molar-refractivity contribution >= 4 is 11.8 Å². The Bertz CT molecular complexity index is 624. The van der Waals surface area contributed by atoms with Crippen LogP contribution in [0.4, 0.5) is 5.82 Å². The maximum Gasteiger partial charge on any atom is 0.354 e. The molecule has 0 spiro atoms. The largest absolute Gasteiger partial charge is 0.477 e. The molecule has 1 aromatic heterocycles. The number of aromatic nitrogens is 2. The summed E-state index contributed by atoms with van der Waals surface area (Å²) in [5, 5.41) is 12.3. The second-order valence-electron chi connectivity index (χ2n) is 4.92. The Morgan fingerprint density at radius 2 is 2.00 bits per heavy atom. The van der Waals surface area contributed by atoms with Gasteiger partial charge in [-0.05, 0) is 18.4 Å². The van der Waals surface area contributed by atoms with E-state index < -0.39 is 5.97 Å². The summed E-state index contributed by atoms with van der Waals surface area (Å²) in [5.74, 6) is 0.521. The number of carboxylic acid groups (broad SMARTS) is 1. The van der Waals surface area contributed by atoms with Crippen LogP contribution >= 0.6 is 0 Å². The maximum absolute atomic E-state index is 11.1. The molecule has 1 fully saturated rings. The number of anilines is 1. The van der Waals surface area contributed by atoms with Crippen LogP contribution in [-0.2, 0) is 6.54 Å². The van der Waals surface area contributed by atoms with Gasteiger partial charge in [-0.2, -0.15) is 0 Å². The van der Waals surface area contributed by atoms with Gasteiger partial charge in [-0.25, -0.2) is 14.8 Å². The lowest BCUT2D eigenvalue weighted by Gasteiger charge is -2.08. The molecule has 1 aromatic carbocycles. The highest BCUT2D eigenvalue weighted by Gasteiger charge is 2.28. The predicted molar refractivity (Wildman–Crippen MR) is 74.7 cm³/mol. The third-order valence-corrected chi connectivity index (χ3v) is 3.22. The highest BCUT2D eigenvalue weighted by atomic mass is 16.4. The van der Waals surface area contributed by atoms with Crippen molar-refractivity contribution in [3.63, 3.8) is 0 Å². The number of benzene rings is 1. The van der Waals surface area contributed by atoms with E-state index in [0.29, 0.717) is 24.1 Å². The Hall–Kier alpha value is -2.43. The first-order valence-electron chi connectivity index (χ1n) is 6.62. The van der Waals surface area contributed by atoms with Crippen molar-refractivity contribution in [3.8, 4) is 0 Å². The van der Waals surface area contributed by atoms with Gasteiger partial charge in [0.1, 0.15) is 11.6 Å². The third-order valence-electron chi connectivity index (χ3n) is 3.22. The number of carbonyl (C=O) groups is 1. The zero-order valence-electron chi connectivity index (χ0n) is 10.9. The van der Waals surface area contributed by atoms with Crippen LogP contribution in [0.1, 0.15) is 40.6 Å². The molecule has 0 unspecified atom stereocenters. The van der Waals surface area contributed by atoms with E-state index in [9.17, 15) is 4.79 Å². The van der Waals surface area contributed by atoms with Crippen molar-refractivity contribution in [2.24, 2.45) is 0 Å². The Balaban J connectivity index is 1.79. The third kappa shape index (κ3) is 2.93. The molecule has 102 valence electrons. The van der Waals surface area contributed by atoms with E-state index in [0.717, 1.165) is 18.4 Å². The summed E-state index contributed by atoms with van der Waals surface area (Å²) in [4.78, 5) is 19.6. The highest BCUT2D eigenvalue weighted by Crippen LogP contribution is 2.38. The van der Waals surface area contributed by atoms with Crippen molar-refractivity contribution in [2.45, 2.75) is 25.3 Å². The van der Waals surface area contributed by atoms with Gasteiger partial charge in [-0.15, -0.1) is 0 Å². The molecule has 0 radical (unpaired) electrons. The van der Waals surface area contributed by atoms with E-state index >= 15 is 0 Å². The average Bonchev–Trinajstić information content (AvgIpc) is 3.30.